The minimum absolute atomic E-state index is 0.0409. The molecule has 1 aliphatic rings. The van der Waals surface area contributed by atoms with Crippen molar-refractivity contribution in [3.8, 4) is 5.82 Å². The molecule has 11 nitrogen and oxygen atoms in total. The van der Waals surface area contributed by atoms with Gasteiger partial charge in [-0.25, -0.2) is 27.8 Å². The van der Waals surface area contributed by atoms with Crippen LogP contribution in [0.15, 0.2) is 47.6 Å². The summed E-state index contributed by atoms with van der Waals surface area (Å²) in [5.74, 6) is 0.570. The lowest BCUT2D eigenvalue weighted by atomic mass is 10.3. The first-order valence-corrected chi connectivity index (χ1v) is 11.8. The van der Waals surface area contributed by atoms with Crippen molar-refractivity contribution in [1.82, 2.24) is 24.5 Å². The average Bonchev–Trinajstić information content (AvgIpc) is 3.31. The van der Waals surface area contributed by atoms with Gasteiger partial charge in [-0.15, -0.1) is 0 Å². The first-order chi connectivity index (χ1) is 15.7. The van der Waals surface area contributed by atoms with Gasteiger partial charge < -0.3 is 5.32 Å². The Morgan fingerprint density at radius 3 is 2.30 bits per heavy atom. The molecular weight excluding hydrogens is 446 g/mol. The number of hydrogen-bond acceptors (Lipinski definition) is 8. The molecule has 3 heterocycles. The predicted molar refractivity (Wildman–Crippen MR) is 120 cm³/mol. The third-order valence-corrected chi connectivity index (χ3v) is 6.54. The zero-order valence-electron chi connectivity index (χ0n) is 18.1. The number of benzene rings is 1. The zero-order valence-corrected chi connectivity index (χ0v) is 19.0. The Bertz CT molecular complexity index is 1290. The van der Waals surface area contributed by atoms with Gasteiger partial charge in [0.15, 0.2) is 5.82 Å². The van der Waals surface area contributed by atoms with Crippen LogP contribution in [0.5, 0.6) is 0 Å². The van der Waals surface area contributed by atoms with Crippen molar-refractivity contribution >= 4 is 33.3 Å². The van der Waals surface area contributed by atoms with Gasteiger partial charge in [0.2, 0.25) is 21.8 Å². The van der Waals surface area contributed by atoms with Crippen LogP contribution in [0.2, 0.25) is 0 Å². The minimum atomic E-state index is -3.76. The summed E-state index contributed by atoms with van der Waals surface area (Å²) in [6.07, 6.45) is 1.75. The van der Waals surface area contributed by atoms with Crippen LogP contribution in [0.1, 0.15) is 24.2 Å². The minimum Gasteiger partial charge on any atom is -0.369 e. The Kier molecular flexibility index (Phi) is 6.20. The van der Waals surface area contributed by atoms with Gasteiger partial charge in [0.1, 0.15) is 12.1 Å². The molecule has 0 spiro atoms. The molecule has 1 fully saturated rings. The lowest BCUT2D eigenvalue weighted by Crippen LogP contribution is -2.30. The molecule has 1 aromatic carbocycles. The number of aryl methyl sites for hydroxylation is 2. The normalized spacial score (nSPS) is 14.2. The van der Waals surface area contributed by atoms with E-state index in [1.54, 1.807) is 10.7 Å². The van der Waals surface area contributed by atoms with Crippen LogP contribution in [-0.4, -0.2) is 53.1 Å². The fourth-order valence-electron chi connectivity index (χ4n) is 3.52. The van der Waals surface area contributed by atoms with Crippen molar-refractivity contribution in [2.45, 2.75) is 31.6 Å². The molecule has 0 unspecified atom stereocenters. The lowest BCUT2D eigenvalue weighted by Gasteiger charge is -2.14. The van der Waals surface area contributed by atoms with Gasteiger partial charge in [-0.1, -0.05) is 0 Å². The van der Waals surface area contributed by atoms with Gasteiger partial charge in [0.25, 0.3) is 0 Å². The number of carbonyl (C=O) groups excluding carboxylic acids is 2. The molecule has 4 rings (SSSR count). The first-order valence-electron chi connectivity index (χ1n) is 10.3. The number of aromatic nitrogens is 4. The van der Waals surface area contributed by atoms with E-state index in [0.29, 0.717) is 23.9 Å². The molecule has 2 aromatic heterocycles. The zero-order chi connectivity index (χ0) is 23.6. The Morgan fingerprint density at radius 2 is 1.67 bits per heavy atom. The average molecular weight is 470 g/mol. The molecule has 172 valence electrons. The molecule has 0 aliphatic carbocycles. The number of amides is 2. The van der Waals surface area contributed by atoms with E-state index in [2.05, 4.69) is 25.1 Å². The molecule has 1 aliphatic heterocycles. The Labute approximate surface area is 190 Å². The Morgan fingerprint density at radius 1 is 0.970 bits per heavy atom. The van der Waals surface area contributed by atoms with E-state index in [0.717, 1.165) is 16.3 Å². The molecule has 2 amide bonds. The quantitative estimate of drug-likeness (QED) is 0.372. The molecule has 3 aromatic rings. The number of anilines is 2. The van der Waals surface area contributed by atoms with Gasteiger partial charge in [-0.05, 0) is 44.2 Å². The Balaban J connectivity index is 1.34. The summed E-state index contributed by atoms with van der Waals surface area (Å²) in [5, 5.41) is 7.45. The fourth-order valence-corrected chi connectivity index (χ4v) is 4.55. The molecule has 0 radical (unpaired) electrons. The van der Waals surface area contributed by atoms with Crippen LogP contribution in [0.4, 0.5) is 11.5 Å². The van der Waals surface area contributed by atoms with Crippen molar-refractivity contribution in [2.75, 3.05) is 23.3 Å². The highest BCUT2D eigenvalue weighted by Gasteiger charge is 2.30. The number of carbonyl (C=O) groups is 2. The van der Waals surface area contributed by atoms with Gasteiger partial charge in [-0.3, -0.25) is 14.5 Å². The SMILES string of the molecule is Cc1cc(C)n(-c2cc(NCCNS(=O)(=O)c3ccc(N4C(=O)CCC4=O)cc3)ncn2)n1. The third kappa shape index (κ3) is 4.91. The summed E-state index contributed by atoms with van der Waals surface area (Å²) in [4.78, 5) is 33.2. The maximum Gasteiger partial charge on any atom is 0.240 e. The number of nitrogens with zero attached hydrogens (tertiary/aromatic N) is 5. The van der Waals surface area contributed by atoms with E-state index in [-0.39, 0.29) is 36.1 Å². The molecule has 1 saturated heterocycles. The van der Waals surface area contributed by atoms with Crippen molar-refractivity contribution in [2.24, 2.45) is 0 Å². The first kappa shape index (κ1) is 22.6. The second-order valence-electron chi connectivity index (χ2n) is 7.54. The molecule has 0 bridgehead atoms. The number of rotatable bonds is 8. The number of sulfonamides is 1. The highest BCUT2D eigenvalue weighted by atomic mass is 32.2. The highest BCUT2D eigenvalue weighted by Crippen LogP contribution is 2.24. The molecule has 2 N–H and O–H groups in total. The number of hydrogen-bond donors (Lipinski definition) is 2. The predicted octanol–water partition coefficient (Wildman–Crippen LogP) is 1.32. The topological polar surface area (TPSA) is 139 Å². The summed E-state index contributed by atoms with van der Waals surface area (Å²) in [7, 11) is -3.76. The summed E-state index contributed by atoms with van der Waals surface area (Å²) in [6.45, 7) is 4.24. The van der Waals surface area contributed by atoms with Crippen LogP contribution >= 0.6 is 0 Å². The van der Waals surface area contributed by atoms with Crippen LogP contribution in [0, 0.1) is 13.8 Å². The largest absolute Gasteiger partial charge is 0.369 e. The van der Waals surface area contributed by atoms with Crippen LogP contribution in [0.3, 0.4) is 0 Å². The summed E-state index contributed by atoms with van der Waals surface area (Å²) < 4.78 is 29.3. The van der Waals surface area contributed by atoms with Crippen LogP contribution in [-0.2, 0) is 19.6 Å². The highest BCUT2D eigenvalue weighted by molar-refractivity contribution is 7.89. The summed E-state index contributed by atoms with van der Waals surface area (Å²) >= 11 is 0. The van der Waals surface area contributed by atoms with E-state index < -0.39 is 10.0 Å². The second-order valence-corrected chi connectivity index (χ2v) is 9.31. The standard InChI is InChI=1S/C21H23N7O4S/c1-14-11-15(2)28(26-14)19-12-18(23-13-24-19)22-9-10-25-33(31,32)17-5-3-16(4-6-17)27-20(29)7-8-21(27)30/h3-6,11-13,25H,7-10H2,1-2H3,(H,22,23,24). The maximum atomic E-state index is 12.6. The van der Waals surface area contributed by atoms with E-state index in [1.165, 1.54) is 30.6 Å². The van der Waals surface area contributed by atoms with E-state index in [1.807, 2.05) is 19.9 Å². The second kappa shape index (κ2) is 9.08. The molecule has 33 heavy (non-hydrogen) atoms. The van der Waals surface area contributed by atoms with Crippen molar-refractivity contribution < 1.29 is 18.0 Å². The van der Waals surface area contributed by atoms with Gasteiger partial charge in [-0.2, -0.15) is 5.10 Å². The van der Waals surface area contributed by atoms with E-state index in [4.69, 9.17) is 0 Å². The fraction of sp³-hybridized carbons (Fsp3) is 0.286. The summed E-state index contributed by atoms with van der Waals surface area (Å²) in [5.41, 5.74) is 2.18. The molecular formula is C21H23N7O4S. The molecule has 0 saturated carbocycles. The van der Waals surface area contributed by atoms with Gasteiger partial charge >= 0.3 is 0 Å². The monoisotopic (exact) mass is 469 g/mol. The van der Waals surface area contributed by atoms with Crippen LogP contribution < -0.4 is 14.9 Å². The Hall–Kier alpha value is -3.64. The number of imide groups is 1. The smallest absolute Gasteiger partial charge is 0.240 e. The third-order valence-electron chi connectivity index (χ3n) is 5.06. The van der Waals surface area contributed by atoms with Crippen molar-refractivity contribution in [1.29, 1.82) is 0 Å². The van der Waals surface area contributed by atoms with Gasteiger partial charge in [0, 0.05) is 37.7 Å². The van der Waals surface area contributed by atoms with E-state index >= 15 is 0 Å². The van der Waals surface area contributed by atoms with Crippen LogP contribution in [0.25, 0.3) is 5.82 Å². The lowest BCUT2D eigenvalue weighted by molar-refractivity contribution is -0.121. The number of nitrogens with one attached hydrogen (secondary N) is 2. The van der Waals surface area contributed by atoms with E-state index in [9.17, 15) is 18.0 Å². The molecule has 12 heteroatoms. The van der Waals surface area contributed by atoms with Gasteiger partial charge in [0.05, 0.1) is 16.3 Å². The summed E-state index contributed by atoms with van der Waals surface area (Å²) in [6, 6.07) is 9.32. The van der Waals surface area contributed by atoms with Crippen molar-refractivity contribution in [3.05, 3.63) is 54.1 Å². The van der Waals surface area contributed by atoms with Crippen molar-refractivity contribution in [3.63, 3.8) is 0 Å². The maximum absolute atomic E-state index is 12.6. The molecule has 0 atom stereocenters.